The minimum Gasteiger partial charge on any atom is -0.496 e. The first-order chi connectivity index (χ1) is 12.0. The van der Waals surface area contributed by atoms with Crippen LogP contribution in [-0.2, 0) is 25.7 Å². The molecule has 25 heavy (non-hydrogen) atoms. The van der Waals surface area contributed by atoms with Crippen molar-refractivity contribution in [3.63, 3.8) is 0 Å². The molecule has 1 aromatic rings. The van der Waals surface area contributed by atoms with Gasteiger partial charge in [-0.25, -0.2) is 9.59 Å². The zero-order valence-electron chi connectivity index (χ0n) is 14.0. The molecule has 0 radical (unpaired) electrons. The van der Waals surface area contributed by atoms with Gasteiger partial charge in [0.25, 0.3) is 0 Å². The molecular formula is C17H23NO7. The Hall–Kier alpha value is -2.42. The molecule has 2 rings (SSSR count). The lowest BCUT2D eigenvalue weighted by Gasteiger charge is -2.23. The Balaban J connectivity index is 0.000000333. The summed E-state index contributed by atoms with van der Waals surface area (Å²) in [6, 6.07) is 7.90. The molecule has 1 aliphatic rings. The summed E-state index contributed by atoms with van der Waals surface area (Å²) in [5.74, 6) is -1.64. The molecule has 0 aromatic heterocycles. The highest BCUT2D eigenvalue weighted by Gasteiger charge is 2.13. The van der Waals surface area contributed by atoms with Gasteiger partial charge < -0.3 is 29.7 Å². The van der Waals surface area contributed by atoms with E-state index in [0.717, 1.165) is 31.0 Å². The van der Waals surface area contributed by atoms with E-state index in [4.69, 9.17) is 24.4 Å². The fraction of sp³-hybridized carbons (Fsp3) is 0.412. The summed E-state index contributed by atoms with van der Waals surface area (Å²) in [4.78, 5) is 19.1. The number of benzene rings is 1. The smallest absolute Gasteiger partial charge is 0.328 e. The van der Waals surface area contributed by atoms with Gasteiger partial charge in [0.1, 0.15) is 5.75 Å². The van der Waals surface area contributed by atoms with Crippen molar-refractivity contribution < 1.29 is 34.0 Å². The minimum atomic E-state index is -1.26. The van der Waals surface area contributed by atoms with Gasteiger partial charge in [-0.05, 0) is 6.07 Å². The number of methoxy groups -OCH3 is 1. The monoisotopic (exact) mass is 353 g/mol. The first-order valence-electron chi connectivity index (χ1n) is 7.68. The first kappa shape index (κ1) is 20.6. The number of hydrogen-bond donors (Lipinski definition) is 3. The molecule has 1 heterocycles. The van der Waals surface area contributed by atoms with Gasteiger partial charge in [0.15, 0.2) is 0 Å². The van der Waals surface area contributed by atoms with Gasteiger partial charge in [0.2, 0.25) is 0 Å². The number of carboxylic acid groups (broad SMARTS) is 2. The molecule has 0 amide bonds. The number of aliphatic carboxylic acids is 2. The highest BCUT2D eigenvalue weighted by molar-refractivity contribution is 5.89. The first-order valence-corrected chi connectivity index (χ1v) is 7.68. The van der Waals surface area contributed by atoms with Crippen LogP contribution in [0.2, 0.25) is 0 Å². The van der Waals surface area contributed by atoms with E-state index in [1.807, 2.05) is 24.3 Å². The summed E-state index contributed by atoms with van der Waals surface area (Å²) in [6.45, 7) is 3.74. The maximum atomic E-state index is 9.55. The van der Waals surface area contributed by atoms with Crippen LogP contribution in [0.3, 0.4) is 0 Å². The molecule has 8 heteroatoms. The number of para-hydroxylation sites is 1. The maximum Gasteiger partial charge on any atom is 0.328 e. The van der Waals surface area contributed by atoms with E-state index in [0.29, 0.717) is 25.4 Å². The van der Waals surface area contributed by atoms with Crippen molar-refractivity contribution in [2.24, 2.45) is 0 Å². The van der Waals surface area contributed by atoms with Crippen molar-refractivity contribution in [3.8, 4) is 5.75 Å². The Morgan fingerprint density at radius 2 is 1.96 bits per heavy atom. The summed E-state index contributed by atoms with van der Waals surface area (Å²) in [6.07, 6.45) is 1.28. The summed E-state index contributed by atoms with van der Waals surface area (Å²) in [5.41, 5.74) is 1.07. The van der Waals surface area contributed by atoms with Crippen LogP contribution < -0.4 is 10.1 Å². The average Bonchev–Trinajstić information content (AvgIpc) is 2.62. The van der Waals surface area contributed by atoms with Gasteiger partial charge >= 0.3 is 11.9 Å². The molecule has 0 bridgehead atoms. The van der Waals surface area contributed by atoms with Crippen molar-refractivity contribution >= 4 is 11.9 Å². The third-order valence-corrected chi connectivity index (χ3v) is 3.13. The molecule has 1 saturated heterocycles. The van der Waals surface area contributed by atoms with Crippen LogP contribution in [0.5, 0.6) is 5.75 Å². The second kappa shape index (κ2) is 12.0. The zero-order chi connectivity index (χ0) is 18.5. The van der Waals surface area contributed by atoms with Gasteiger partial charge in [-0.3, -0.25) is 0 Å². The summed E-state index contributed by atoms with van der Waals surface area (Å²) < 4.78 is 16.5. The van der Waals surface area contributed by atoms with E-state index < -0.39 is 11.9 Å². The SMILES string of the molecule is COc1ccccc1COCC1CNCCO1.O=C(O)/C=C/C(=O)O. The summed E-state index contributed by atoms with van der Waals surface area (Å²) in [7, 11) is 1.67. The normalized spacial score (nSPS) is 16.8. The van der Waals surface area contributed by atoms with Gasteiger partial charge in [-0.15, -0.1) is 0 Å². The van der Waals surface area contributed by atoms with Gasteiger partial charge in [0, 0.05) is 30.8 Å². The van der Waals surface area contributed by atoms with E-state index >= 15 is 0 Å². The van der Waals surface area contributed by atoms with Crippen LogP contribution in [0.15, 0.2) is 36.4 Å². The predicted octanol–water partition coefficient (Wildman–Crippen LogP) is 0.912. The number of carbonyl (C=O) groups is 2. The van der Waals surface area contributed by atoms with E-state index in [1.54, 1.807) is 7.11 Å². The fourth-order valence-electron chi connectivity index (χ4n) is 1.99. The highest BCUT2D eigenvalue weighted by atomic mass is 16.5. The molecule has 1 fully saturated rings. The maximum absolute atomic E-state index is 9.55. The van der Waals surface area contributed by atoms with E-state index in [-0.39, 0.29) is 6.10 Å². The van der Waals surface area contributed by atoms with Crippen molar-refractivity contribution in [2.45, 2.75) is 12.7 Å². The van der Waals surface area contributed by atoms with Crippen LogP contribution in [0.4, 0.5) is 0 Å². The molecular weight excluding hydrogens is 330 g/mol. The van der Waals surface area contributed by atoms with Crippen LogP contribution in [0.25, 0.3) is 0 Å². The lowest BCUT2D eigenvalue weighted by Crippen LogP contribution is -2.40. The number of rotatable bonds is 7. The second-order valence-electron chi connectivity index (χ2n) is 5.03. The minimum absolute atomic E-state index is 0.165. The summed E-state index contributed by atoms with van der Waals surface area (Å²) >= 11 is 0. The average molecular weight is 353 g/mol. The quantitative estimate of drug-likeness (QED) is 0.620. The Labute approximate surface area is 146 Å². The van der Waals surface area contributed by atoms with Gasteiger partial charge in [-0.1, -0.05) is 18.2 Å². The Kier molecular flexibility index (Phi) is 9.91. The molecule has 1 atom stereocenters. The predicted molar refractivity (Wildman–Crippen MR) is 89.7 cm³/mol. The van der Waals surface area contributed by atoms with Crippen LogP contribution in [-0.4, -0.2) is 61.7 Å². The van der Waals surface area contributed by atoms with Gasteiger partial charge in [-0.2, -0.15) is 0 Å². The Bertz CT molecular complexity index is 552. The van der Waals surface area contributed by atoms with Crippen molar-refractivity contribution in [1.82, 2.24) is 5.32 Å². The number of hydrogen-bond acceptors (Lipinski definition) is 6. The number of morpholine rings is 1. The van der Waals surface area contributed by atoms with E-state index in [1.165, 1.54) is 0 Å². The van der Waals surface area contributed by atoms with E-state index in [2.05, 4.69) is 5.32 Å². The molecule has 0 aliphatic carbocycles. The number of nitrogens with one attached hydrogen (secondary N) is 1. The largest absolute Gasteiger partial charge is 0.496 e. The third kappa shape index (κ3) is 9.46. The molecule has 0 saturated carbocycles. The van der Waals surface area contributed by atoms with E-state index in [9.17, 15) is 9.59 Å². The lowest BCUT2D eigenvalue weighted by atomic mass is 10.2. The van der Waals surface area contributed by atoms with Crippen LogP contribution in [0.1, 0.15) is 5.56 Å². The Morgan fingerprint density at radius 1 is 1.28 bits per heavy atom. The molecule has 0 spiro atoms. The molecule has 8 nitrogen and oxygen atoms in total. The molecule has 1 aromatic carbocycles. The number of ether oxygens (including phenoxy) is 3. The second-order valence-corrected chi connectivity index (χ2v) is 5.03. The highest BCUT2D eigenvalue weighted by Crippen LogP contribution is 2.18. The van der Waals surface area contributed by atoms with Crippen LogP contribution in [0, 0.1) is 0 Å². The van der Waals surface area contributed by atoms with Crippen molar-refractivity contribution in [2.75, 3.05) is 33.4 Å². The lowest BCUT2D eigenvalue weighted by molar-refractivity contribution is -0.134. The topological polar surface area (TPSA) is 114 Å². The van der Waals surface area contributed by atoms with Crippen LogP contribution >= 0.6 is 0 Å². The third-order valence-electron chi connectivity index (χ3n) is 3.13. The number of carboxylic acids is 2. The molecule has 3 N–H and O–H groups in total. The van der Waals surface area contributed by atoms with Crippen molar-refractivity contribution in [1.29, 1.82) is 0 Å². The Morgan fingerprint density at radius 3 is 2.52 bits per heavy atom. The molecule has 1 unspecified atom stereocenters. The molecule has 138 valence electrons. The standard InChI is InChI=1S/C13H19NO3.C4H4O4/c1-15-13-5-3-2-4-11(13)9-16-10-12-8-14-6-7-17-12;5-3(6)1-2-4(7)8/h2-5,12,14H,6-10H2,1H3;1-2H,(H,5,6)(H,7,8)/b;2-1+. The summed E-state index contributed by atoms with van der Waals surface area (Å²) in [5, 5.41) is 18.9. The van der Waals surface area contributed by atoms with Gasteiger partial charge in [0.05, 0.1) is 33.0 Å². The van der Waals surface area contributed by atoms with Crippen molar-refractivity contribution in [3.05, 3.63) is 42.0 Å². The zero-order valence-corrected chi connectivity index (χ0v) is 14.0. The molecule has 1 aliphatic heterocycles. The fourth-order valence-corrected chi connectivity index (χ4v) is 1.99.